The first-order chi connectivity index (χ1) is 16.0. The summed E-state index contributed by atoms with van der Waals surface area (Å²) in [7, 11) is 3.58. The molecule has 0 atom stereocenters. The molecule has 3 N–H and O–H groups in total. The van der Waals surface area contributed by atoms with E-state index in [0.717, 1.165) is 17.1 Å². The second-order valence-electron chi connectivity index (χ2n) is 7.64. The maximum absolute atomic E-state index is 14.2. The van der Waals surface area contributed by atoms with Gasteiger partial charge in [-0.1, -0.05) is 12.1 Å². The highest BCUT2D eigenvalue weighted by Gasteiger charge is 2.20. The summed E-state index contributed by atoms with van der Waals surface area (Å²) in [5.41, 5.74) is 8.54. The molecule has 5 rings (SSSR count). The van der Waals surface area contributed by atoms with E-state index in [1.54, 1.807) is 17.8 Å². The predicted octanol–water partition coefficient (Wildman–Crippen LogP) is 3.61. The number of nitrogens with zero attached hydrogens (tertiary/aromatic N) is 4. The number of fused-ring (bicyclic) bond motifs is 2. The van der Waals surface area contributed by atoms with Gasteiger partial charge >= 0.3 is 0 Å². The molecule has 0 radical (unpaired) electrons. The Morgan fingerprint density at radius 1 is 1.18 bits per heavy atom. The summed E-state index contributed by atoms with van der Waals surface area (Å²) in [5.74, 6) is 2.36. The van der Waals surface area contributed by atoms with Gasteiger partial charge in [0.1, 0.15) is 36.4 Å². The molecular weight excluding hydrogens is 427 g/mol. The zero-order chi connectivity index (χ0) is 22.9. The minimum atomic E-state index is -0.441. The van der Waals surface area contributed by atoms with Crippen LogP contribution in [0.2, 0.25) is 0 Å². The van der Waals surface area contributed by atoms with Crippen molar-refractivity contribution in [3.05, 3.63) is 60.0 Å². The Morgan fingerprint density at radius 2 is 1.97 bits per heavy atom. The molecule has 4 aromatic rings. The monoisotopic (exact) mass is 450 g/mol. The average Bonchev–Trinajstić information content (AvgIpc) is 3.19. The molecule has 170 valence electrons. The number of nitrogen functional groups attached to an aromatic ring is 1. The van der Waals surface area contributed by atoms with E-state index >= 15 is 0 Å². The number of hydrogen-bond acceptors (Lipinski definition) is 8. The standard InChI is InChI=1S/C23H23FN6O3/c1-29(13-14-3-5-16(31-2)6-4-14)21-11-20(28-23-17(25)12-26-30(21)23)27-18-9-15(24)10-19-22(18)33-8-7-32-19/h3-6,9-12H,7-8,13,25H2,1-2H3,(H,27,28). The van der Waals surface area contributed by atoms with Crippen molar-refractivity contribution in [3.8, 4) is 17.2 Å². The molecule has 1 aliphatic heterocycles. The second-order valence-corrected chi connectivity index (χ2v) is 7.64. The average molecular weight is 450 g/mol. The fourth-order valence-corrected chi connectivity index (χ4v) is 3.74. The molecule has 3 heterocycles. The number of aromatic nitrogens is 3. The van der Waals surface area contributed by atoms with Crippen LogP contribution in [0.15, 0.2) is 48.7 Å². The number of rotatable bonds is 6. The van der Waals surface area contributed by atoms with Crippen LogP contribution < -0.4 is 30.2 Å². The highest BCUT2D eigenvalue weighted by molar-refractivity contribution is 5.74. The normalized spacial score (nSPS) is 12.6. The first-order valence-corrected chi connectivity index (χ1v) is 10.4. The Balaban J connectivity index is 1.51. The van der Waals surface area contributed by atoms with Crippen LogP contribution in [-0.2, 0) is 6.54 Å². The van der Waals surface area contributed by atoms with Gasteiger partial charge in [-0.2, -0.15) is 9.61 Å². The van der Waals surface area contributed by atoms with Crippen molar-refractivity contribution in [3.63, 3.8) is 0 Å². The summed E-state index contributed by atoms with van der Waals surface area (Å²) in [6.45, 7) is 1.35. The molecule has 0 fully saturated rings. The lowest BCUT2D eigenvalue weighted by Gasteiger charge is -2.23. The van der Waals surface area contributed by atoms with Crippen LogP contribution in [0.4, 0.5) is 27.4 Å². The number of nitrogens with one attached hydrogen (secondary N) is 1. The number of halogens is 1. The molecule has 0 unspecified atom stereocenters. The summed E-state index contributed by atoms with van der Waals surface area (Å²) < 4.78 is 32.3. The largest absolute Gasteiger partial charge is 0.497 e. The van der Waals surface area contributed by atoms with E-state index in [2.05, 4.69) is 15.4 Å². The number of benzene rings is 2. The zero-order valence-electron chi connectivity index (χ0n) is 18.2. The Hall–Kier alpha value is -4.21. The fourth-order valence-electron chi connectivity index (χ4n) is 3.74. The van der Waals surface area contributed by atoms with Crippen LogP contribution in [0.25, 0.3) is 5.65 Å². The predicted molar refractivity (Wildman–Crippen MR) is 123 cm³/mol. The molecule has 0 bridgehead atoms. The first-order valence-electron chi connectivity index (χ1n) is 10.4. The van der Waals surface area contributed by atoms with Crippen LogP contribution in [0.3, 0.4) is 0 Å². The van der Waals surface area contributed by atoms with E-state index in [4.69, 9.17) is 19.9 Å². The molecule has 33 heavy (non-hydrogen) atoms. The Labute approximate surface area is 189 Å². The highest BCUT2D eigenvalue weighted by atomic mass is 19.1. The van der Waals surface area contributed by atoms with Crippen LogP contribution in [-0.4, -0.2) is 42.0 Å². The van der Waals surface area contributed by atoms with E-state index in [1.807, 2.05) is 42.3 Å². The van der Waals surface area contributed by atoms with Crippen molar-refractivity contribution in [2.75, 3.05) is 43.3 Å². The third-order valence-corrected chi connectivity index (χ3v) is 5.32. The third kappa shape index (κ3) is 4.02. The number of anilines is 4. The Bertz CT molecular complexity index is 1310. The van der Waals surface area contributed by atoms with Gasteiger partial charge in [0, 0.05) is 31.8 Å². The number of nitrogens with two attached hydrogens (primary N) is 1. The number of ether oxygens (including phenoxy) is 3. The first kappa shape index (κ1) is 20.7. The lowest BCUT2D eigenvalue weighted by atomic mass is 10.2. The molecule has 1 aliphatic rings. The molecule has 9 nitrogen and oxygen atoms in total. The van der Waals surface area contributed by atoms with Gasteiger partial charge in [0.2, 0.25) is 0 Å². The van der Waals surface area contributed by atoms with E-state index in [9.17, 15) is 4.39 Å². The molecule has 0 saturated heterocycles. The van der Waals surface area contributed by atoms with Gasteiger partial charge in [0.25, 0.3) is 0 Å². The number of methoxy groups -OCH3 is 1. The van der Waals surface area contributed by atoms with E-state index in [1.165, 1.54) is 12.1 Å². The third-order valence-electron chi connectivity index (χ3n) is 5.32. The van der Waals surface area contributed by atoms with E-state index < -0.39 is 5.82 Å². The zero-order valence-corrected chi connectivity index (χ0v) is 18.2. The molecular formula is C23H23FN6O3. The summed E-state index contributed by atoms with van der Waals surface area (Å²) in [6.07, 6.45) is 1.55. The molecule has 0 aliphatic carbocycles. The molecule has 0 amide bonds. The maximum Gasteiger partial charge on any atom is 0.185 e. The summed E-state index contributed by atoms with van der Waals surface area (Å²) in [5, 5.41) is 7.54. The van der Waals surface area contributed by atoms with Crippen molar-refractivity contribution < 1.29 is 18.6 Å². The van der Waals surface area contributed by atoms with Gasteiger partial charge in [-0.3, -0.25) is 0 Å². The summed E-state index contributed by atoms with van der Waals surface area (Å²) in [6, 6.07) is 12.3. The Morgan fingerprint density at radius 3 is 2.76 bits per heavy atom. The van der Waals surface area contributed by atoms with Gasteiger partial charge in [-0.25, -0.2) is 9.37 Å². The van der Waals surface area contributed by atoms with Gasteiger partial charge in [-0.15, -0.1) is 0 Å². The van der Waals surface area contributed by atoms with Crippen molar-refractivity contribution >= 4 is 28.7 Å². The number of hydrogen-bond donors (Lipinski definition) is 2. The SMILES string of the molecule is COc1ccc(CN(C)c2cc(Nc3cc(F)cc4c3OCCO4)nc3c(N)cnn23)cc1. The summed E-state index contributed by atoms with van der Waals surface area (Å²) >= 11 is 0. The van der Waals surface area contributed by atoms with Gasteiger partial charge in [0.15, 0.2) is 17.1 Å². The van der Waals surface area contributed by atoms with Gasteiger partial charge < -0.3 is 30.2 Å². The highest BCUT2D eigenvalue weighted by Crippen LogP contribution is 2.40. The van der Waals surface area contributed by atoms with Crippen LogP contribution in [0.5, 0.6) is 17.2 Å². The summed E-state index contributed by atoms with van der Waals surface area (Å²) in [4.78, 5) is 6.61. The minimum Gasteiger partial charge on any atom is -0.497 e. The second kappa shape index (κ2) is 8.38. The Kier molecular flexibility index (Phi) is 5.25. The van der Waals surface area contributed by atoms with Gasteiger partial charge in [-0.05, 0) is 17.7 Å². The molecule has 2 aromatic carbocycles. The lowest BCUT2D eigenvalue weighted by Crippen LogP contribution is -2.20. The van der Waals surface area contributed by atoms with Crippen molar-refractivity contribution in [2.24, 2.45) is 0 Å². The smallest absolute Gasteiger partial charge is 0.185 e. The van der Waals surface area contributed by atoms with Crippen molar-refractivity contribution in [2.45, 2.75) is 6.54 Å². The van der Waals surface area contributed by atoms with Gasteiger partial charge in [0.05, 0.1) is 24.7 Å². The molecule has 0 spiro atoms. The minimum absolute atomic E-state index is 0.352. The van der Waals surface area contributed by atoms with E-state index in [0.29, 0.717) is 54.1 Å². The van der Waals surface area contributed by atoms with Crippen LogP contribution >= 0.6 is 0 Å². The molecule has 0 saturated carbocycles. The lowest BCUT2D eigenvalue weighted by molar-refractivity contribution is 0.172. The quantitative estimate of drug-likeness (QED) is 0.460. The topological polar surface area (TPSA) is 99.2 Å². The fraction of sp³-hybridized carbons (Fsp3) is 0.217. The van der Waals surface area contributed by atoms with Crippen molar-refractivity contribution in [1.82, 2.24) is 14.6 Å². The van der Waals surface area contributed by atoms with E-state index in [-0.39, 0.29) is 0 Å². The molecule has 2 aromatic heterocycles. The van der Waals surface area contributed by atoms with Crippen LogP contribution in [0, 0.1) is 5.82 Å². The van der Waals surface area contributed by atoms with Crippen LogP contribution in [0.1, 0.15) is 5.56 Å². The maximum atomic E-state index is 14.2. The van der Waals surface area contributed by atoms with Crippen molar-refractivity contribution in [1.29, 1.82) is 0 Å². The molecule has 10 heteroatoms.